The number of benzene rings is 3. The average Bonchev–Trinajstić information content (AvgIpc) is 1.57. The number of morpholine rings is 1. The Morgan fingerprint density at radius 2 is 0.938 bits per heavy atom. The molecule has 7 N–H and O–H groups in total. The minimum absolute atomic E-state index is 0.00466. The number of hydrogen-bond acceptors (Lipinski definition) is 22. The van der Waals surface area contributed by atoms with Gasteiger partial charge in [-0.1, -0.05) is 59.6 Å². The van der Waals surface area contributed by atoms with Crippen LogP contribution in [0, 0.1) is 0 Å². The van der Waals surface area contributed by atoms with Gasteiger partial charge in [-0.3, -0.25) is 9.13 Å². The molecule has 0 bridgehead atoms. The summed E-state index contributed by atoms with van der Waals surface area (Å²) in [6, 6.07) is 20.6. The summed E-state index contributed by atoms with van der Waals surface area (Å²) in [5, 5.41) is 43.1. The third-order valence-corrected chi connectivity index (χ3v) is 14.5. The number of aromatic nitrogens is 22. The zero-order chi connectivity index (χ0) is 68.2. The molecule has 15 rings (SSSR count). The molecule has 96 heavy (non-hydrogen) atoms. The predicted octanol–water partition coefficient (Wildman–Crippen LogP) is 8.94. The average molecular weight is 1430 g/mol. The first kappa shape index (κ1) is 69.7. The van der Waals surface area contributed by atoms with E-state index in [1.54, 1.807) is 86.5 Å². The molecule has 0 radical (unpaired) electrons. The Morgan fingerprint density at radius 1 is 0.469 bits per heavy atom. The van der Waals surface area contributed by atoms with Gasteiger partial charge in [0.05, 0.1) is 105 Å². The third kappa shape index (κ3) is 15.7. The zero-order valence-electron chi connectivity index (χ0n) is 49.1. The number of aliphatic hydroxyl groups is 5. The van der Waals surface area contributed by atoms with Crippen LogP contribution in [0.2, 0.25) is 26.2 Å². The zero-order valence-corrected chi connectivity index (χ0v) is 52.9. The van der Waals surface area contributed by atoms with Crippen molar-refractivity contribution in [3.8, 4) is 11.6 Å². The molecule has 12 heterocycles. The highest BCUT2D eigenvalue weighted by Gasteiger charge is 2.28. The Bertz CT molecular complexity index is 4900. The lowest BCUT2D eigenvalue weighted by Crippen LogP contribution is -2.37. The van der Waals surface area contributed by atoms with E-state index in [2.05, 4.69) is 84.7 Å². The quantitative estimate of drug-likeness (QED) is 0.0321. The van der Waals surface area contributed by atoms with Crippen LogP contribution in [0.1, 0.15) is 36.7 Å². The number of aliphatic hydroxyl groups excluding tert-OH is 5. The molecule has 14 aromatic rings. The second-order valence-corrected chi connectivity index (χ2v) is 21.2. The lowest BCUT2D eigenvalue weighted by atomic mass is 10.3. The number of fused-ring (bicyclic) bond motifs is 7. The number of imidazole rings is 7. The SMILES string of the molecule is Clc1nc(Cl)c2[nH]cnc2n1.FC(F)c1nc2ccccc2[nH]1.OCCO.OCCn1cnc2c(-n3c(C(F)F)nc4ccccc43)nc(Cl)nc21.OCCn1cnc2c(-n3c(C(F)F)nc4ccccc43)nc(N3CCOCC3)nc21.OCCn1cnc2c(Cl)nc(Cl)nc21. The fourth-order valence-electron chi connectivity index (χ4n) is 9.41. The van der Waals surface area contributed by atoms with Crippen molar-refractivity contribution in [1.29, 1.82) is 0 Å². The summed E-state index contributed by atoms with van der Waals surface area (Å²) in [6.45, 7) is 2.69. The molecule has 1 aliphatic heterocycles. The first-order valence-electron chi connectivity index (χ1n) is 28.2. The van der Waals surface area contributed by atoms with Gasteiger partial charge in [-0.25, -0.2) is 71.2 Å². The van der Waals surface area contributed by atoms with Gasteiger partial charge in [-0.15, -0.1) is 0 Å². The van der Waals surface area contributed by atoms with Crippen molar-refractivity contribution in [1.82, 2.24) is 108 Å². The van der Waals surface area contributed by atoms with Gasteiger partial charge in [0, 0.05) is 32.7 Å². The lowest BCUT2D eigenvalue weighted by Gasteiger charge is -2.27. The first-order chi connectivity index (χ1) is 46.4. The number of nitrogens with one attached hydrogen (secondary N) is 2. The number of hydrogen-bond donors (Lipinski definition) is 7. The van der Waals surface area contributed by atoms with Crippen molar-refractivity contribution in [2.45, 2.75) is 38.9 Å². The summed E-state index contributed by atoms with van der Waals surface area (Å²) in [5.41, 5.74) is 6.64. The highest BCUT2D eigenvalue weighted by atomic mass is 35.5. The van der Waals surface area contributed by atoms with Gasteiger partial charge in [0.1, 0.15) is 11.0 Å². The number of halogens is 11. The molecule has 1 saturated heterocycles. The summed E-state index contributed by atoms with van der Waals surface area (Å²) in [6.07, 6.45) is -2.12. The third-order valence-electron chi connectivity index (χ3n) is 13.5. The molecule has 0 unspecified atom stereocenters. The minimum atomic E-state index is -2.81. The van der Waals surface area contributed by atoms with Crippen LogP contribution in [0.15, 0.2) is 98.1 Å². The van der Waals surface area contributed by atoms with E-state index in [0.29, 0.717) is 117 Å². The number of rotatable bonds is 13. The second kappa shape index (κ2) is 32.1. The van der Waals surface area contributed by atoms with Crippen LogP contribution in [0.3, 0.4) is 0 Å². The highest BCUT2D eigenvalue weighted by Crippen LogP contribution is 2.33. The Kier molecular flexibility index (Phi) is 23.3. The number of ether oxygens (including phenoxy) is 1. The molecular formula is C56H50Cl5F6N23O6. The Balaban J connectivity index is 0.000000136. The number of aromatic amines is 2. The molecule has 29 nitrogen and oxygen atoms in total. The number of para-hydroxylation sites is 6. The summed E-state index contributed by atoms with van der Waals surface area (Å²) in [4.78, 5) is 68.3. The summed E-state index contributed by atoms with van der Waals surface area (Å²) in [7, 11) is 0. The largest absolute Gasteiger partial charge is 0.395 e. The summed E-state index contributed by atoms with van der Waals surface area (Å²) < 4.78 is 92.1. The van der Waals surface area contributed by atoms with Gasteiger partial charge in [0.15, 0.2) is 73.0 Å². The van der Waals surface area contributed by atoms with Gasteiger partial charge < -0.3 is 58.8 Å². The van der Waals surface area contributed by atoms with Crippen LogP contribution in [-0.4, -0.2) is 192 Å². The topological polar surface area (TPSA) is 363 Å². The molecule has 0 aliphatic carbocycles. The van der Waals surface area contributed by atoms with E-state index >= 15 is 0 Å². The van der Waals surface area contributed by atoms with Gasteiger partial charge in [0.2, 0.25) is 21.8 Å². The fraction of sp³-hybridized carbons (Fsp3) is 0.268. The van der Waals surface area contributed by atoms with E-state index in [1.807, 2.05) is 4.90 Å². The van der Waals surface area contributed by atoms with Crippen LogP contribution in [0.25, 0.3) is 89.4 Å². The number of alkyl halides is 6. The number of nitrogens with zero attached hydrogens (tertiary/aromatic N) is 21. The molecular weight excluding hydrogens is 1380 g/mol. The second-order valence-electron chi connectivity index (χ2n) is 19.5. The van der Waals surface area contributed by atoms with E-state index < -0.39 is 30.9 Å². The maximum atomic E-state index is 13.9. The Hall–Kier alpha value is -9.14. The standard InChI is InChI=1S/C19H19F2N7O2.C15H11ClF2N6O.C8H6F2N2.C7H6Cl2N4O.C5H2Cl2N4.C2H6O2/c20-15(21)18-23-12-3-1-2-4-13(12)28(18)17-14-16(27(5-8-29)11-22-14)24-19(25-17)26-6-9-30-10-7-26;16-15-21-12-10(19-7-23(12)5-6-25)13(22-15)24-9-4-2-1-3-8(9)20-14(24)11(17)18;9-7(10)8-11-5-3-1-2-4-6(5)12-8;8-5-4-6(12-7(9)11-5)13(1-2-14)3-10-4;6-3-2-4(9-1-8-2)11-5(7)10-3;3-1-2-4/h1-4,11,15,29H,5-10H2;1-4,7,11,25H,5-6H2;1-4,7H,(H,11,12);3,14H,1-2H2;1H,(H,8,9,10,11);3-4H,1-2H2. The normalized spacial score (nSPS) is 12.3. The van der Waals surface area contributed by atoms with Gasteiger partial charge in [-0.05, 0) is 71.2 Å². The highest BCUT2D eigenvalue weighted by molar-refractivity contribution is 6.35. The van der Waals surface area contributed by atoms with E-state index in [9.17, 15) is 31.4 Å². The Morgan fingerprint density at radius 3 is 1.46 bits per heavy atom. The molecule has 3 aromatic carbocycles. The Labute approximate surface area is 559 Å². The smallest absolute Gasteiger partial charge is 0.296 e. The van der Waals surface area contributed by atoms with Crippen LogP contribution >= 0.6 is 58.0 Å². The fourth-order valence-corrected chi connectivity index (χ4v) is 10.4. The molecule has 1 fully saturated rings. The van der Waals surface area contributed by atoms with Crippen LogP contribution in [0.4, 0.5) is 32.3 Å². The van der Waals surface area contributed by atoms with Gasteiger partial charge in [-0.2, -0.15) is 29.9 Å². The molecule has 0 atom stereocenters. The monoisotopic (exact) mass is 1430 g/mol. The predicted molar refractivity (Wildman–Crippen MR) is 341 cm³/mol. The molecule has 11 aromatic heterocycles. The molecule has 1 aliphatic rings. The van der Waals surface area contributed by atoms with Crippen LogP contribution < -0.4 is 4.90 Å². The maximum absolute atomic E-state index is 13.9. The van der Waals surface area contributed by atoms with Crippen molar-refractivity contribution in [2.24, 2.45) is 0 Å². The number of anilines is 1. The summed E-state index contributed by atoms with van der Waals surface area (Å²) in [5.74, 6) is -0.359. The van der Waals surface area contributed by atoms with Crippen LogP contribution in [0.5, 0.6) is 0 Å². The van der Waals surface area contributed by atoms with E-state index in [1.165, 1.54) is 34.4 Å². The minimum Gasteiger partial charge on any atom is -0.395 e. The summed E-state index contributed by atoms with van der Waals surface area (Å²) >= 11 is 28.7. The van der Waals surface area contributed by atoms with Crippen molar-refractivity contribution in [3.63, 3.8) is 0 Å². The van der Waals surface area contributed by atoms with Crippen molar-refractivity contribution < 1.29 is 56.6 Å². The van der Waals surface area contributed by atoms with Crippen molar-refractivity contribution in [3.05, 3.63) is 142 Å². The molecule has 0 spiro atoms. The maximum Gasteiger partial charge on any atom is 0.296 e. The van der Waals surface area contributed by atoms with Gasteiger partial charge >= 0.3 is 0 Å². The van der Waals surface area contributed by atoms with E-state index in [4.69, 9.17) is 83.2 Å². The van der Waals surface area contributed by atoms with Crippen molar-refractivity contribution in [2.75, 3.05) is 64.2 Å². The molecule has 0 amide bonds. The van der Waals surface area contributed by atoms with Crippen LogP contribution in [-0.2, 0) is 24.4 Å². The van der Waals surface area contributed by atoms with E-state index in [-0.39, 0.29) is 89.7 Å². The van der Waals surface area contributed by atoms with Crippen molar-refractivity contribution >= 4 is 142 Å². The lowest BCUT2D eigenvalue weighted by molar-refractivity contribution is 0.122. The first-order valence-corrected chi connectivity index (χ1v) is 30.1. The molecule has 40 heteroatoms. The molecule has 0 saturated carbocycles. The van der Waals surface area contributed by atoms with E-state index in [0.717, 1.165) is 0 Å². The molecule has 502 valence electrons. The number of H-pyrrole nitrogens is 2. The van der Waals surface area contributed by atoms with Gasteiger partial charge in [0.25, 0.3) is 19.3 Å².